The summed E-state index contributed by atoms with van der Waals surface area (Å²) < 4.78 is 26.6. The number of nitriles is 1. The fourth-order valence-electron chi connectivity index (χ4n) is 1.98. The van der Waals surface area contributed by atoms with E-state index in [-0.39, 0.29) is 10.5 Å². The highest BCUT2D eigenvalue weighted by Crippen LogP contribution is 2.19. The van der Waals surface area contributed by atoms with Gasteiger partial charge in [-0.25, -0.2) is 13.1 Å². The minimum Gasteiger partial charge on any atom is -0.354 e. The Morgan fingerprint density at radius 1 is 1.15 bits per heavy atom. The molecule has 6 nitrogen and oxygen atoms in total. The Bertz CT molecular complexity index is 910. The van der Waals surface area contributed by atoms with Crippen molar-refractivity contribution in [2.75, 3.05) is 18.8 Å². The van der Waals surface area contributed by atoms with Gasteiger partial charge in [0.2, 0.25) is 15.9 Å². The lowest BCUT2D eigenvalue weighted by molar-refractivity contribution is -0.119. The molecule has 2 aromatic carbocycles. The number of benzene rings is 2. The predicted molar refractivity (Wildman–Crippen MR) is 102 cm³/mol. The van der Waals surface area contributed by atoms with E-state index in [1.165, 1.54) is 18.2 Å². The van der Waals surface area contributed by atoms with E-state index in [0.29, 0.717) is 17.3 Å². The zero-order chi connectivity index (χ0) is 19.0. The molecule has 0 saturated carbocycles. The van der Waals surface area contributed by atoms with Gasteiger partial charge in [0, 0.05) is 22.2 Å². The number of carbonyl (C=O) groups is 1. The number of hydrogen-bond donors (Lipinski definition) is 2. The number of rotatable bonds is 8. The summed E-state index contributed by atoms with van der Waals surface area (Å²) in [5.74, 6) is 0.192. The van der Waals surface area contributed by atoms with Gasteiger partial charge in [-0.2, -0.15) is 5.26 Å². The van der Waals surface area contributed by atoms with Crippen molar-refractivity contribution in [2.24, 2.45) is 0 Å². The van der Waals surface area contributed by atoms with Gasteiger partial charge in [0.1, 0.15) is 6.07 Å². The van der Waals surface area contributed by atoms with Crippen LogP contribution in [0.3, 0.4) is 0 Å². The van der Waals surface area contributed by atoms with Crippen molar-refractivity contribution in [2.45, 2.75) is 9.79 Å². The van der Waals surface area contributed by atoms with Crippen LogP contribution in [0.15, 0.2) is 58.3 Å². The first-order valence-electron chi connectivity index (χ1n) is 7.56. The summed E-state index contributed by atoms with van der Waals surface area (Å²) >= 11 is 7.36. The normalized spacial score (nSPS) is 10.9. The van der Waals surface area contributed by atoms with E-state index >= 15 is 0 Å². The number of halogens is 1. The van der Waals surface area contributed by atoms with Crippen LogP contribution in [0.2, 0.25) is 5.02 Å². The largest absolute Gasteiger partial charge is 0.354 e. The summed E-state index contributed by atoms with van der Waals surface area (Å²) in [6.07, 6.45) is 0. The second-order valence-corrected chi connectivity index (χ2v) is 8.42. The van der Waals surface area contributed by atoms with Crippen LogP contribution in [0.25, 0.3) is 0 Å². The molecule has 2 rings (SSSR count). The third kappa shape index (κ3) is 6.04. The Hall–Kier alpha value is -2.05. The molecule has 0 bridgehead atoms. The number of thioether (sulfide) groups is 1. The molecule has 0 aromatic heterocycles. The molecule has 0 atom stereocenters. The molecule has 0 spiro atoms. The average molecular weight is 410 g/mol. The Labute approximate surface area is 161 Å². The third-order valence-corrected chi connectivity index (χ3v) is 5.95. The van der Waals surface area contributed by atoms with E-state index in [4.69, 9.17) is 16.9 Å². The van der Waals surface area contributed by atoms with Crippen LogP contribution in [0, 0.1) is 11.3 Å². The quantitative estimate of drug-likeness (QED) is 0.515. The van der Waals surface area contributed by atoms with Crippen LogP contribution in [0.5, 0.6) is 0 Å². The number of nitrogens with one attached hydrogen (secondary N) is 2. The monoisotopic (exact) mass is 409 g/mol. The number of amides is 1. The maximum absolute atomic E-state index is 12.2. The molecule has 0 aliphatic rings. The van der Waals surface area contributed by atoms with Gasteiger partial charge < -0.3 is 5.32 Å². The van der Waals surface area contributed by atoms with Crippen LogP contribution in [-0.4, -0.2) is 33.2 Å². The van der Waals surface area contributed by atoms with Gasteiger partial charge in [0.25, 0.3) is 0 Å². The topological polar surface area (TPSA) is 99.1 Å². The van der Waals surface area contributed by atoms with Gasteiger partial charge in [-0.05, 0) is 36.4 Å². The molecule has 0 aliphatic heterocycles. The van der Waals surface area contributed by atoms with Gasteiger partial charge in [-0.15, -0.1) is 11.8 Å². The molecule has 0 aliphatic carbocycles. The van der Waals surface area contributed by atoms with Gasteiger partial charge in [-0.1, -0.05) is 23.7 Å². The predicted octanol–water partition coefficient (Wildman–Crippen LogP) is 2.40. The summed E-state index contributed by atoms with van der Waals surface area (Å²) in [5.41, 5.74) is 0.0276. The number of sulfonamides is 1. The van der Waals surface area contributed by atoms with Crippen LogP contribution in [0.1, 0.15) is 5.56 Å². The van der Waals surface area contributed by atoms with E-state index in [2.05, 4.69) is 10.0 Å². The Balaban J connectivity index is 1.77. The molecule has 0 heterocycles. The zero-order valence-electron chi connectivity index (χ0n) is 13.6. The van der Waals surface area contributed by atoms with Crippen molar-refractivity contribution in [3.05, 3.63) is 59.1 Å². The Kier molecular flexibility index (Phi) is 7.48. The lowest BCUT2D eigenvalue weighted by atomic mass is 10.2. The Morgan fingerprint density at radius 3 is 2.54 bits per heavy atom. The van der Waals surface area contributed by atoms with Crippen molar-refractivity contribution in [3.63, 3.8) is 0 Å². The first-order chi connectivity index (χ1) is 12.4. The van der Waals surface area contributed by atoms with Crippen molar-refractivity contribution in [1.82, 2.24) is 10.0 Å². The summed E-state index contributed by atoms with van der Waals surface area (Å²) in [6, 6.07) is 15.0. The summed E-state index contributed by atoms with van der Waals surface area (Å²) in [5, 5.41) is 12.3. The van der Waals surface area contributed by atoms with Crippen LogP contribution >= 0.6 is 23.4 Å². The highest BCUT2D eigenvalue weighted by atomic mass is 35.5. The van der Waals surface area contributed by atoms with E-state index in [1.54, 1.807) is 30.0 Å². The van der Waals surface area contributed by atoms with Crippen molar-refractivity contribution in [1.29, 1.82) is 5.26 Å². The van der Waals surface area contributed by atoms with Crippen LogP contribution in [-0.2, 0) is 14.8 Å². The molecule has 0 radical (unpaired) electrons. The molecule has 136 valence electrons. The second-order valence-electron chi connectivity index (χ2n) is 5.08. The molecule has 2 N–H and O–H groups in total. The molecule has 1 amide bonds. The first kappa shape index (κ1) is 20.3. The molecule has 0 fully saturated rings. The zero-order valence-corrected chi connectivity index (χ0v) is 16.0. The van der Waals surface area contributed by atoms with Crippen molar-refractivity contribution in [3.8, 4) is 6.07 Å². The summed E-state index contributed by atoms with van der Waals surface area (Å²) in [6.45, 7) is -0.00363. The average Bonchev–Trinajstić information content (AvgIpc) is 2.65. The number of hydrogen-bond acceptors (Lipinski definition) is 5. The maximum atomic E-state index is 12.2. The summed E-state index contributed by atoms with van der Waals surface area (Å²) in [4.78, 5) is 12.7. The molecular weight excluding hydrogens is 394 g/mol. The van der Waals surface area contributed by atoms with Crippen molar-refractivity contribution >= 4 is 39.3 Å². The summed E-state index contributed by atoms with van der Waals surface area (Å²) in [7, 11) is -3.93. The van der Waals surface area contributed by atoms with Crippen LogP contribution in [0.4, 0.5) is 0 Å². The minimum absolute atomic E-state index is 0.0276. The van der Waals surface area contributed by atoms with Gasteiger partial charge in [0.15, 0.2) is 0 Å². The van der Waals surface area contributed by atoms with E-state index in [1.807, 2.05) is 18.2 Å². The second kappa shape index (κ2) is 9.59. The highest BCUT2D eigenvalue weighted by Gasteiger charge is 2.18. The SMILES string of the molecule is N#Cc1ccccc1S(=O)(=O)NCC(=O)NCCSc1ccc(Cl)cc1. The van der Waals surface area contributed by atoms with E-state index < -0.39 is 22.5 Å². The highest BCUT2D eigenvalue weighted by molar-refractivity contribution is 7.99. The molecule has 9 heteroatoms. The third-order valence-electron chi connectivity index (χ3n) is 3.23. The molecule has 0 saturated heterocycles. The molecule has 26 heavy (non-hydrogen) atoms. The van der Waals surface area contributed by atoms with E-state index in [9.17, 15) is 13.2 Å². The standard InChI is InChI=1S/C17H16ClN3O3S2/c18-14-5-7-15(8-6-14)25-10-9-20-17(22)12-21-26(23,24)16-4-2-1-3-13(16)11-19/h1-8,21H,9-10,12H2,(H,20,22). The first-order valence-corrected chi connectivity index (χ1v) is 10.4. The number of nitrogens with zero attached hydrogens (tertiary/aromatic N) is 1. The Morgan fingerprint density at radius 2 is 1.85 bits per heavy atom. The van der Waals surface area contributed by atoms with E-state index in [0.717, 1.165) is 4.90 Å². The lowest BCUT2D eigenvalue weighted by Crippen LogP contribution is -2.37. The molecule has 2 aromatic rings. The number of carbonyl (C=O) groups excluding carboxylic acids is 1. The van der Waals surface area contributed by atoms with Crippen molar-refractivity contribution < 1.29 is 13.2 Å². The molecule has 0 unspecified atom stereocenters. The van der Waals surface area contributed by atoms with Gasteiger partial charge in [0.05, 0.1) is 17.0 Å². The molecular formula is C17H16ClN3O3S2. The fraction of sp³-hybridized carbons (Fsp3) is 0.176. The smallest absolute Gasteiger partial charge is 0.242 e. The fourth-order valence-corrected chi connectivity index (χ4v) is 4.02. The van der Waals surface area contributed by atoms with Crippen LogP contribution < -0.4 is 10.0 Å². The lowest BCUT2D eigenvalue weighted by Gasteiger charge is -2.09. The van der Waals surface area contributed by atoms with Gasteiger partial charge >= 0.3 is 0 Å². The minimum atomic E-state index is -3.93. The maximum Gasteiger partial charge on any atom is 0.242 e. The van der Waals surface area contributed by atoms with Gasteiger partial charge in [-0.3, -0.25) is 4.79 Å².